The van der Waals surface area contributed by atoms with Crippen molar-refractivity contribution in [3.63, 3.8) is 0 Å². The summed E-state index contributed by atoms with van der Waals surface area (Å²) in [5.41, 5.74) is 1.25. The molecular weight excluding hydrogens is 315 g/mol. The molecule has 0 unspecified atom stereocenters. The molecule has 2 N–H and O–H groups in total. The molecule has 128 valence electrons. The van der Waals surface area contributed by atoms with Crippen LogP contribution in [0.5, 0.6) is 0 Å². The van der Waals surface area contributed by atoms with Gasteiger partial charge in [0.1, 0.15) is 0 Å². The van der Waals surface area contributed by atoms with Crippen LogP contribution in [-0.4, -0.2) is 41.4 Å². The number of carboxylic acid groups (broad SMARTS) is 2. The summed E-state index contributed by atoms with van der Waals surface area (Å²) in [5.74, 6) is -3.07. The predicted molar refractivity (Wildman–Crippen MR) is 77.3 cm³/mol. The lowest BCUT2D eigenvalue weighted by molar-refractivity contribution is -0.192. The lowest BCUT2D eigenvalue weighted by atomic mass is 9.93. The number of halogens is 3. The predicted octanol–water partition coefficient (Wildman–Crippen LogP) is 3.01. The zero-order chi connectivity index (χ0) is 17.5. The third-order valence-electron chi connectivity index (χ3n) is 3.44. The Balaban J connectivity index is 0.000000322. The molecule has 1 fully saturated rings. The standard InChI is InChI=1S/C13H17NO2.C2HF3O2/c15-13(16)10-11-6-8-14(9-7-11)12-4-2-1-3-5-12;3-2(4,5)1(6)7/h1-5,11H,6-10H2,(H,15,16);(H,6,7). The first-order chi connectivity index (χ1) is 10.7. The van der Waals surface area contributed by atoms with Crippen LogP contribution in [-0.2, 0) is 9.59 Å². The van der Waals surface area contributed by atoms with E-state index >= 15 is 0 Å². The summed E-state index contributed by atoms with van der Waals surface area (Å²) >= 11 is 0. The van der Waals surface area contributed by atoms with Crippen LogP contribution in [0.4, 0.5) is 18.9 Å². The van der Waals surface area contributed by atoms with Crippen molar-refractivity contribution >= 4 is 17.6 Å². The topological polar surface area (TPSA) is 77.8 Å². The normalized spacial score (nSPS) is 15.5. The number of carbonyl (C=O) groups is 2. The third-order valence-corrected chi connectivity index (χ3v) is 3.44. The molecule has 23 heavy (non-hydrogen) atoms. The lowest BCUT2D eigenvalue weighted by Gasteiger charge is -2.33. The van der Waals surface area contributed by atoms with Gasteiger partial charge in [-0.15, -0.1) is 0 Å². The number of alkyl halides is 3. The first-order valence-electron chi connectivity index (χ1n) is 7.02. The number of anilines is 1. The van der Waals surface area contributed by atoms with Crippen LogP contribution in [0.15, 0.2) is 30.3 Å². The maximum atomic E-state index is 10.6. The number of nitrogens with zero attached hydrogens (tertiary/aromatic N) is 1. The fraction of sp³-hybridized carbons (Fsp3) is 0.467. The maximum absolute atomic E-state index is 10.6. The minimum atomic E-state index is -5.08. The van der Waals surface area contributed by atoms with Gasteiger partial charge in [-0.25, -0.2) is 4.79 Å². The summed E-state index contributed by atoms with van der Waals surface area (Å²) in [6.07, 6.45) is -2.79. The van der Waals surface area contributed by atoms with Gasteiger partial charge >= 0.3 is 18.1 Å². The summed E-state index contributed by atoms with van der Waals surface area (Å²) in [6, 6.07) is 10.3. The molecule has 0 aromatic heterocycles. The van der Waals surface area contributed by atoms with Crippen LogP contribution in [0.3, 0.4) is 0 Å². The number of carboxylic acids is 2. The van der Waals surface area contributed by atoms with Crippen molar-refractivity contribution in [2.75, 3.05) is 18.0 Å². The molecule has 0 radical (unpaired) electrons. The van der Waals surface area contributed by atoms with Crippen molar-refractivity contribution in [3.05, 3.63) is 30.3 Å². The molecule has 0 spiro atoms. The van der Waals surface area contributed by atoms with Crippen LogP contribution >= 0.6 is 0 Å². The first-order valence-corrected chi connectivity index (χ1v) is 7.02. The van der Waals surface area contributed by atoms with E-state index in [4.69, 9.17) is 15.0 Å². The highest BCUT2D eigenvalue weighted by molar-refractivity contribution is 5.73. The van der Waals surface area contributed by atoms with Crippen LogP contribution in [0.1, 0.15) is 19.3 Å². The molecule has 2 rings (SSSR count). The molecule has 0 amide bonds. The van der Waals surface area contributed by atoms with Gasteiger partial charge in [0.2, 0.25) is 0 Å². The van der Waals surface area contributed by atoms with E-state index in [9.17, 15) is 18.0 Å². The van der Waals surface area contributed by atoms with Gasteiger partial charge in [-0.05, 0) is 30.9 Å². The summed E-state index contributed by atoms with van der Waals surface area (Å²) in [6.45, 7) is 1.95. The Morgan fingerprint density at radius 1 is 1.09 bits per heavy atom. The minimum absolute atomic E-state index is 0.322. The van der Waals surface area contributed by atoms with E-state index in [-0.39, 0.29) is 0 Å². The van der Waals surface area contributed by atoms with Crippen molar-refractivity contribution in [2.24, 2.45) is 5.92 Å². The summed E-state index contributed by atoms with van der Waals surface area (Å²) in [5, 5.41) is 15.9. The van der Waals surface area contributed by atoms with Crippen LogP contribution in [0.2, 0.25) is 0 Å². The number of benzene rings is 1. The highest BCUT2D eigenvalue weighted by Crippen LogP contribution is 2.24. The lowest BCUT2D eigenvalue weighted by Crippen LogP contribution is -2.34. The average Bonchev–Trinajstić information content (AvgIpc) is 2.48. The molecule has 0 bridgehead atoms. The second kappa shape index (κ2) is 8.40. The average molecular weight is 333 g/mol. The smallest absolute Gasteiger partial charge is 0.481 e. The molecule has 1 aromatic carbocycles. The second-order valence-electron chi connectivity index (χ2n) is 5.17. The molecule has 1 heterocycles. The van der Waals surface area contributed by atoms with E-state index in [1.807, 2.05) is 18.2 Å². The molecule has 1 aromatic rings. The van der Waals surface area contributed by atoms with Crippen LogP contribution in [0, 0.1) is 5.92 Å². The molecule has 1 aliphatic rings. The Hall–Kier alpha value is -2.25. The zero-order valence-electron chi connectivity index (χ0n) is 12.3. The summed E-state index contributed by atoms with van der Waals surface area (Å²) < 4.78 is 31.7. The molecule has 8 heteroatoms. The van der Waals surface area contributed by atoms with E-state index in [0.717, 1.165) is 25.9 Å². The Kier molecular flexibility index (Phi) is 6.87. The van der Waals surface area contributed by atoms with Crippen molar-refractivity contribution in [1.29, 1.82) is 0 Å². The number of hydrogen-bond acceptors (Lipinski definition) is 3. The van der Waals surface area contributed by atoms with E-state index < -0.39 is 18.1 Å². The molecule has 1 saturated heterocycles. The highest BCUT2D eigenvalue weighted by atomic mass is 19.4. The number of para-hydroxylation sites is 1. The van der Waals surface area contributed by atoms with Crippen LogP contribution < -0.4 is 4.90 Å². The molecule has 0 atom stereocenters. The van der Waals surface area contributed by atoms with E-state index in [1.54, 1.807) is 0 Å². The SMILES string of the molecule is O=C(O)C(F)(F)F.O=C(O)CC1CCN(c2ccccc2)CC1. The Morgan fingerprint density at radius 3 is 1.96 bits per heavy atom. The number of rotatable bonds is 3. The van der Waals surface area contributed by atoms with E-state index in [1.165, 1.54) is 5.69 Å². The minimum Gasteiger partial charge on any atom is -0.481 e. The molecule has 1 aliphatic heterocycles. The van der Waals surface area contributed by atoms with Gasteiger partial charge in [0.15, 0.2) is 0 Å². The number of piperidine rings is 1. The summed E-state index contributed by atoms with van der Waals surface area (Å²) in [7, 11) is 0. The largest absolute Gasteiger partial charge is 0.490 e. The van der Waals surface area contributed by atoms with Crippen molar-refractivity contribution in [1.82, 2.24) is 0 Å². The molecule has 0 saturated carbocycles. The summed E-state index contributed by atoms with van der Waals surface area (Å²) in [4.78, 5) is 21.8. The highest BCUT2D eigenvalue weighted by Gasteiger charge is 2.38. The quantitative estimate of drug-likeness (QED) is 0.889. The van der Waals surface area contributed by atoms with E-state index in [2.05, 4.69) is 17.0 Å². The number of aliphatic carboxylic acids is 2. The maximum Gasteiger partial charge on any atom is 0.490 e. The van der Waals surface area contributed by atoms with Gasteiger partial charge < -0.3 is 15.1 Å². The Labute approximate surface area is 131 Å². The Morgan fingerprint density at radius 2 is 1.57 bits per heavy atom. The van der Waals surface area contributed by atoms with Gasteiger partial charge in [0, 0.05) is 25.2 Å². The van der Waals surface area contributed by atoms with Gasteiger partial charge in [-0.2, -0.15) is 13.2 Å². The third kappa shape index (κ3) is 7.03. The number of hydrogen-bond donors (Lipinski definition) is 2. The zero-order valence-corrected chi connectivity index (χ0v) is 12.3. The van der Waals surface area contributed by atoms with Crippen molar-refractivity contribution in [3.8, 4) is 0 Å². The van der Waals surface area contributed by atoms with Gasteiger partial charge in [-0.3, -0.25) is 4.79 Å². The Bertz CT molecular complexity index is 511. The fourth-order valence-electron chi connectivity index (χ4n) is 2.28. The molecular formula is C15H18F3NO4. The van der Waals surface area contributed by atoms with Crippen molar-refractivity contribution in [2.45, 2.75) is 25.4 Å². The van der Waals surface area contributed by atoms with Gasteiger partial charge in [0.25, 0.3) is 0 Å². The van der Waals surface area contributed by atoms with Gasteiger partial charge in [-0.1, -0.05) is 18.2 Å². The van der Waals surface area contributed by atoms with Crippen LogP contribution in [0.25, 0.3) is 0 Å². The van der Waals surface area contributed by atoms with E-state index in [0.29, 0.717) is 12.3 Å². The van der Waals surface area contributed by atoms with Gasteiger partial charge in [0.05, 0.1) is 0 Å². The monoisotopic (exact) mass is 333 g/mol. The molecule has 5 nitrogen and oxygen atoms in total. The first kappa shape index (κ1) is 18.8. The van der Waals surface area contributed by atoms with Crippen molar-refractivity contribution < 1.29 is 33.0 Å². The molecule has 0 aliphatic carbocycles. The fourth-order valence-corrected chi connectivity index (χ4v) is 2.28. The second-order valence-corrected chi connectivity index (χ2v) is 5.17.